The molecule has 2 aromatic rings. The average molecular weight is 312 g/mol. The largest absolute Gasteiger partial charge is 0.370 e. The summed E-state index contributed by atoms with van der Waals surface area (Å²) in [6.45, 7) is 6.03. The molecule has 0 saturated carbocycles. The van der Waals surface area contributed by atoms with Gasteiger partial charge in [-0.3, -0.25) is 0 Å². The summed E-state index contributed by atoms with van der Waals surface area (Å²) in [5, 5.41) is 0. The van der Waals surface area contributed by atoms with Crippen LogP contribution in [-0.4, -0.2) is 19.1 Å². The van der Waals surface area contributed by atoms with Gasteiger partial charge in [0.15, 0.2) is 0 Å². The van der Waals surface area contributed by atoms with Crippen LogP contribution in [0.15, 0.2) is 42.5 Å². The molecule has 0 radical (unpaired) electrons. The van der Waals surface area contributed by atoms with E-state index in [-0.39, 0.29) is 11.9 Å². The minimum absolute atomic E-state index is 0.142. The third kappa shape index (κ3) is 3.91. The second kappa shape index (κ2) is 6.71. The molecule has 122 valence electrons. The van der Waals surface area contributed by atoms with Crippen molar-refractivity contribution < 1.29 is 4.39 Å². The van der Waals surface area contributed by atoms with Gasteiger partial charge >= 0.3 is 0 Å². The summed E-state index contributed by atoms with van der Waals surface area (Å²) < 4.78 is 13.5. The van der Waals surface area contributed by atoms with E-state index in [4.69, 9.17) is 5.73 Å². The lowest BCUT2D eigenvalue weighted by atomic mass is 9.88. The Kier molecular flexibility index (Phi) is 4.67. The maximum Gasteiger partial charge on any atom is 0.125 e. The predicted octanol–water partition coefficient (Wildman–Crippen LogP) is 3.84. The van der Waals surface area contributed by atoms with Crippen LogP contribution in [0.25, 0.3) is 0 Å². The van der Waals surface area contributed by atoms with Gasteiger partial charge < -0.3 is 10.6 Å². The molecule has 1 saturated heterocycles. The molecule has 1 aliphatic rings. The first kappa shape index (κ1) is 16.0. The number of halogens is 1. The van der Waals surface area contributed by atoms with Crippen LogP contribution >= 0.6 is 0 Å². The molecule has 2 nitrogen and oxygen atoms in total. The Morgan fingerprint density at radius 2 is 1.91 bits per heavy atom. The van der Waals surface area contributed by atoms with Crippen molar-refractivity contribution in [3.05, 3.63) is 65.0 Å². The Morgan fingerprint density at radius 3 is 2.65 bits per heavy atom. The number of anilines is 1. The van der Waals surface area contributed by atoms with E-state index in [0.717, 1.165) is 31.6 Å². The van der Waals surface area contributed by atoms with Gasteiger partial charge in [0, 0.05) is 24.8 Å². The van der Waals surface area contributed by atoms with Gasteiger partial charge in [-0.25, -0.2) is 4.39 Å². The Bertz CT molecular complexity index is 683. The maximum atomic E-state index is 13.5. The zero-order chi connectivity index (χ0) is 16.4. The third-order valence-electron chi connectivity index (χ3n) is 4.84. The lowest BCUT2D eigenvalue weighted by Crippen LogP contribution is -2.47. The number of hydrogen-bond acceptors (Lipinski definition) is 2. The fraction of sp³-hybridized carbons (Fsp3) is 0.400. The van der Waals surface area contributed by atoms with E-state index in [1.165, 1.54) is 22.8 Å². The standard InChI is InChI=1S/C20H25FN2/c1-14-6-7-16(8-15(14)2)9-17-10-19(22)13-23(12-17)20-5-3-4-18(21)11-20/h3-8,11,17,19H,9-10,12-13,22H2,1-2H3. The Morgan fingerprint density at radius 1 is 1.09 bits per heavy atom. The number of nitrogens with zero attached hydrogens (tertiary/aromatic N) is 1. The molecule has 0 aromatic heterocycles. The second-order valence-corrected chi connectivity index (χ2v) is 6.87. The number of rotatable bonds is 3. The predicted molar refractivity (Wildman–Crippen MR) is 94.3 cm³/mol. The first-order valence-corrected chi connectivity index (χ1v) is 8.33. The van der Waals surface area contributed by atoms with E-state index in [9.17, 15) is 4.39 Å². The first-order chi connectivity index (χ1) is 11.0. The molecule has 3 rings (SSSR count). The van der Waals surface area contributed by atoms with Crippen molar-refractivity contribution in [1.29, 1.82) is 0 Å². The maximum absolute atomic E-state index is 13.5. The highest BCUT2D eigenvalue weighted by molar-refractivity contribution is 5.47. The van der Waals surface area contributed by atoms with Gasteiger partial charge in [0.05, 0.1) is 0 Å². The minimum atomic E-state index is -0.188. The van der Waals surface area contributed by atoms with Crippen molar-refractivity contribution in [2.45, 2.75) is 32.7 Å². The lowest BCUT2D eigenvalue weighted by molar-refractivity contribution is 0.374. The van der Waals surface area contributed by atoms with E-state index in [2.05, 4.69) is 36.9 Å². The number of nitrogens with two attached hydrogens (primary N) is 1. The number of hydrogen-bond donors (Lipinski definition) is 1. The fourth-order valence-electron chi connectivity index (χ4n) is 3.54. The summed E-state index contributed by atoms with van der Waals surface area (Å²) in [6, 6.07) is 13.7. The van der Waals surface area contributed by atoms with Crippen LogP contribution in [0.3, 0.4) is 0 Å². The van der Waals surface area contributed by atoms with E-state index in [1.54, 1.807) is 12.1 Å². The van der Waals surface area contributed by atoms with Crippen LogP contribution in [-0.2, 0) is 6.42 Å². The van der Waals surface area contributed by atoms with Crippen molar-refractivity contribution in [2.24, 2.45) is 11.7 Å². The number of benzene rings is 2. The highest BCUT2D eigenvalue weighted by atomic mass is 19.1. The molecule has 2 atom stereocenters. The summed E-state index contributed by atoms with van der Waals surface area (Å²) in [5.74, 6) is 0.316. The van der Waals surface area contributed by atoms with Gasteiger partial charge in [-0.1, -0.05) is 24.3 Å². The Labute approximate surface area is 138 Å². The molecule has 2 N–H and O–H groups in total. The molecule has 0 spiro atoms. The molecule has 2 aromatic carbocycles. The molecule has 2 unspecified atom stereocenters. The summed E-state index contributed by atoms with van der Waals surface area (Å²) in [4.78, 5) is 2.23. The highest BCUT2D eigenvalue weighted by Gasteiger charge is 2.25. The van der Waals surface area contributed by atoms with Crippen molar-refractivity contribution in [3.8, 4) is 0 Å². The molecule has 1 fully saturated rings. The molecule has 23 heavy (non-hydrogen) atoms. The molecule has 3 heteroatoms. The van der Waals surface area contributed by atoms with Crippen molar-refractivity contribution in [1.82, 2.24) is 0 Å². The normalized spacial score (nSPS) is 21.5. The molecular weight excluding hydrogens is 287 g/mol. The zero-order valence-corrected chi connectivity index (χ0v) is 13.9. The molecule has 1 aliphatic heterocycles. The van der Waals surface area contributed by atoms with Gasteiger partial charge in [-0.05, 0) is 67.5 Å². The second-order valence-electron chi connectivity index (χ2n) is 6.87. The van der Waals surface area contributed by atoms with Crippen LogP contribution in [0, 0.1) is 25.6 Å². The minimum Gasteiger partial charge on any atom is -0.370 e. The van der Waals surface area contributed by atoms with Crippen LogP contribution in [0.5, 0.6) is 0 Å². The lowest BCUT2D eigenvalue weighted by Gasteiger charge is -2.38. The van der Waals surface area contributed by atoms with Gasteiger partial charge in [-0.2, -0.15) is 0 Å². The number of aryl methyl sites for hydroxylation is 2. The molecule has 1 heterocycles. The van der Waals surface area contributed by atoms with E-state index in [0.29, 0.717) is 5.92 Å². The van der Waals surface area contributed by atoms with Gasteiger partial charge in [0.25, 0.3) is 0 Å². The van der Waals surface area contributed by atoms with E-state index in [1.807, 2.05) is 6.07 Å². The van der Waals surface area contributed by atoms with E-state index < -0.39 is 0 Å². The zero-order valence-electron chi connectivity index (χ0n) is 13.9. The van der Waals surface area contributed by atoms with Crippen molar-refractivity contribution in [3.63, 3.8) is 0 Å². The van der Waals surface area contributed by atoms with Crippen LogP contribution in [0.1, 0.15) is 23.1 Å². The fourth-order valence-corrected chi connectivity index (χ4v) is 3.54. The molecular formula is C20H25FN2. The quantitative estimate of drug-likeness (QED) is 0.933. The van der Waals surface area contributed by atoms with Crippen LogP contribution in [0.4, 0.5) is 10.1 Å². The highest BCUT2D eigenvalue weighted by Crippen LogP contribution is 2.26. The van der Waals surface area contributed by atoms with Crippen LogP contribution in [0.2, 0.25) is 0 Å². The Balaban J connectivity index is 1.74. The monoisotopic (exact) mass is 312 g/mol. The first-order valence-electron chi connectivity index (χ1n) is 8.33. The van der Waals surface area contributed by atoms with Crippen molar-refractivity contribution in [2.75, 3.05) is 18.0 Å². The summed E-state index contributed by atoms with van der Waals surface area (Å²) in [7, 11) is 0. The van der Waals surface area contributed by atoms with Gasteiger partial charge in [-0.15, -0.1) is 0 Å². The summed E-state index contributed by atoms with van der Waals surface area (Å²) in [5.41, 5.74) is 11.2. The number of piperidine rings is 1. The van der Waals surface area contributed by atoms with E-state index >= 15 is 0 Å². The summed E-state index contributed by atoms with van der Waals surface area (Å²) in [6.07, 6.45) is 2.05. The Hall–Kier alpha value is -1.87. The van der Waals surface area contributed by atoms with Gasteiger partial charge in [0.2, 0.25) is 0 Å². The van der Waals surface area contributed by atoms with Gasteiger partial charge in [0.1, 0.15) is 5.82 Å². The molecule has 0 aliphatic carbocycles. The SMILES string of the molecule is Cc1ccc(CC2CC(N)CN(c3cccc(F)c3)C2)cc1C. The molecule has 0 amide bonds. The smallest absolute Gasteiger partial charge is 0.125 e. The summed E-state index contributed by atoms with van der Waals surface area (Å²) >= 11 is 0. The third-order valence-corrected chi connectivity index (χ3v) is 4.84. The molecule has 0 bridgehead atoms. The average Bonchev–Trinajstić information content (AvgIpc) is 2.50. The topological polar surface area (TPSA) is 29.3 Å². The van der Waals surface area contributed by atoms with Crippen molar-refractivity contribution >= 4 is 5.69 Å². The van der Waals surface area contributed by atoms with Crippen LogP contribution < -0.4 is 10.6 Å².